The molecule has 0 aliphatic heterocycles. The van der Waals surface area contributed by atoms with Gasteiger partial charge in [0.15, 0.2) is 5.82 Å². The SMILES string of the molecule is CCOC(=O)c1cccc(-n2c(COc3ccccc3)nc3cc(C#N)ccc32)c1. The second kappa shape index (κ2) is 8.50. The molecule has 6 heteroatoms. The second-order valence-electron chi connectivity index (χ2n) is 6.55. The molecule has 148 valence electrons. The summed E-state index contributed by atoms with van der Waals surface area (Å²) >= 11 is 0. The molecule has 3 aromatic carbocycles. The van der Waals surface area contributed by atoms with Gasteiger partial charge in [0, 0.05) is 5.69 Å². The van der Waals surface area contributed by atoms with E-state index in [-0.39, 0.29) is 12.6 Å². The van der Waals surface area contributed by atoms with Crippen molar-refractivity contribution in [3.8, 4) is 17.5 Å². The first-order valence-corrected chi connectivity index (χ1v) is 9.56. The summed E-state index contributed by atoms with van der Waals surface area (Å²) in [6, 6.07) is 24.2. The second-order valence-corrected chi connectivity index (χ2v) is 6.55. The van der Waals surface area contributed by atoms with Crippen molar-refractivity contribution in [3.05, 3.63) is 89.7 Å². The number of esters is 1. The van der Waals surface area contributed by atoms with E-state index in [1.807, 2.05) is 47.0 Å². The molecule has 0 amide bonds. The van der Waals surface area contributed by atoms with Crippen LogP contribution < -0.4 is 4.74 Å². The Morgan fingerprint density at radius 3 is 2.67 bits per heavy atom. The molecule has 1 heterocycles. The molecule has 30 heavy (non-hydrogen) atoms. The number of fused-ring (bicyclic) bond motifs is 1. The fourth-order valence-corrected chi connectivity index (χ4v) is 3.24. The van der Waals surface area contributed by atoms with Gasteiger partial charge in [-0.1, -0.05) is 24.3 Å². The maximum Gasteiger partial charge on any atom is 0.338 e. The van der Waals surface area contributed by atoms with Crippen molar-refractivity contribution in [2.45, 2.75) is 13.5 Å². The van der Waals surface area contributed by atoms with E-state index < -0.39 is 0 Å². The van der Waals surface area contributed by atoms with Crippen molar-refractivity contribution in [1.29, 1.82) is 5.26 Å². The van der Waals surface area contributed by atoms with Crippen LogP contribution in [0, 0.1) is 11.3 Å². The van der Waals surface area contributed by atoms with Crippen molar-refractivity contribution in [1.82, 2.24) is 9.55 Å². The molecule has 0 atom stereocenters. The summed E-state index contributed by atoms with van der Waals surface area (Å²) in [5, 5.41) is 9.23. The van der Waals surface area contributed by atoms with Gasteiger partial charge < -0.3 is 9.47 Å². The number of benzene rings is 3. The fourth-order valence-electron chi connectivity index (χ4n) is 3.24. The number of imidazole rings is 1. The smallest absolute Gasteiger partial charge is 0.338 e. The quantitative estimate of drug-likeness (QED) is 0.443. The van der Waals surface area contributed by atoms with E-state index in [0.29, 0.717) is 29.1 Å². The first-order valence-electron chi connectivity index (χ1n) is 9.56. The minimum Gasteiger partial charge on any atom is -0.486 e. The summed E-state index contributed by atoms with van der Waals surface area (Å²) in [6.07, 6.45) is 0. The molecule has 4 rings (SSSR count). The molecule has 0 spiro atoms. The molecule has 0 bridgehead atoms. The number of carbonyl (C=O) groups is 1. The number of nitrogens with zero attached hydrogens (tertiary/aromatic N) is 3. The van der Waals surface area contributed by atoms with Crippen LogP contribution in [0.3, 0.4) is 0 Å². The highest BCUT2D eigenvalue weighted by molar-refractivity contribution is 5.90. The molecule has 0 aliphatic rings. The van der Waals surface area contributed by atoms with Crippen molar-refractivity contribution in [2.75, 3.05) is 6.61 Å². The molecule has 0 saturated carbocycles. The summed E-state index contributed by atoms with van der Waals surface area (Å²) in [7, 11) is 0. The summed E-state index contributed by atoms with van der Waals surface area (Å²) < 4.78 is 13.0. The lowest BCUT2D eigenvalue weighted by atomic mass is 10.2. The van der Waals surface area contributed by atoms with Crippen LogP contribution in [0.15, 0.2) is 72.8 Å². The van der Waals surface area contributed by atoms with Crippen LogP contribution in [-0.2, 0) is 11.3 Å². The van der Waals surface area contributed by atoms with Crippen LogP contribution >= 0.6 is 0 Å². The molecular formula is C24H19N3O3. The van der Waals surface area contributed by atoms with Crippen LogP contribution in [-0.4, -0.2) is 22.1 Å². The highest BCUT2D eigenvalue weighted by Crippen LogP contribution is 2.25. The van der Waals surface area contributed by atoms with Crippen LogP contribution in [0.1, 0.15) is 28.7 Å². The lowest BCUT2D eigenvalue weighted by Crippen LogP contribution is -2.08. The predicted octanol–water partition coefficient (Wildman–Crippen LogP) is 4.65. The number of nitriles is 1. The maximum atomic E-state index is 12.2. The number of ether oxygens (including phenoxy) is 2. The summed E-state index contributed by atoms with van der Waals surface area (Å²) in [5.74, 6) is 1.01. The highest BCUT2D eigenvalue weighted by Gasteiger charge is 2.16. The van der Waals surface area contributed by atoms with Gasteiger partial charge in [-0.2, -0.15) is 5.26 Å². The molecule has 4 aromatic rings. The third kappa shape index (κ3) is 3.87. The zero-order valence-corrected chi connectivity index (χ0v) is 16.4. The highest BCUT2D eigenvalue weighted by atomic mass is 16.5. The molecule has 0 saturated heterocycles. The monoisotopic (exact) mass is 397 g/mol. The molecule has 0 aliphatic carbocycles. The van der Waals surface area contributed by atoms with E-state index in [0.717, 1.165) is 17.0 Å². The van der Waals surface area contributed by atoms with Gasteiger partial charge in [-0.25, -0.2) is 9.78 Å². The average Bonchev–Trinajstić information content (AvgIpc) is 3.16. The van der Waals surface area contributed by atoms with E-state index in [9.17, 15) is 10.1 Å². The molecule has 1 aromatic heterocycles. The summed E-state index contributed by atoms with van der Waals surface area (Å²) in [6.45, 7) is 2.31. The van der Waals surface area contributed by atoms with E-state index >= 15 is 0 Å². The largest absolute Gasteiger partial charge is 0.486 e. The van der Waals surface area contributed by atoms with Crippen LogP contribution in [0.5, 0.6) is 5.75 Å². The minimum atomic E-state index is -0.377. The fraction of sp³-hybridized carbons (Fsp3) is 0.125. The van der Waals surface area contributed by atoms with Gasteiger partial charge in [-0.15, -0.1) is 0 Å². The Morgan fingerprint density at radius 1 is 1.07 bits per heavy atom. The third-order valence-corrected chi connectivity index (χ3v) is 4.58. The van der Waals surface area contributed by atoms with Gasteiger partial charge in [0.05, 0.1) is 34.8 Å². The molecule has 0 radical (unpaired) electrons. The first kappa shape index (κ1) is 19.2. The number of rotatable bonds is 6. The maximum absolute atomic E-state index is 12.2. The van der Waals surface area contributed by atoms with Crippen LogP contribution in [0.4, 0.5) is 0 Å². The first-order chi connectivity index (χ1) is 14.7. The van der Waals surface area contributed by atoms with Gasteiger partial charge in [0.1, 0.15) is 12.4 Å². The van der Waals surface area contributed by atoms with Gasteiger partial charge in [0.25, 0.3) is 0 Å². The molecular weight excluding hydrogens is 378 g/mol. The lowest BCUT2D eigenvalue weighted by molar-refractivity contribution is 0.0526. The number of para-hydroxylation sites is 1. The number of hydrogen-bond donors (Lipinski definition) is 0. The van der Waals surface area contributed by atoms with Crippen LogP contribution in [0.25, 0.3) is 16.7 Å². The van der Waals surface area contributed by atoms with Crippen LogP contribution in [0.2, 0.25) is 0 Å². The van der Waals surface area contributed by atoms with E-state index in [1.54, 1.807) is 37.3 Å². The summed E-state index contributed by atoms with van der Waals surface area (Å²) in [5.41, 5.74) is 3.26. The minimum absolute atomic E-state index is 0.226. The molecule has 6 nitrogen and oxygen atoms in total. The van der Waals surface area contributed by atoms with Crippen molar-refractivity contribution in [2.24, 2.45) is 0 Å². The average molecular weight is 397 g/mol. The standard InChI is InChI=1S/C24H19N3O3/c1-2-29-24(28)18-7-6-8-19(14-18)27-22-12-11-17(15-25)13-21(22)26-23(27)16-30-20-9-4-3-5-10-20/h3-14H,2,16H2,1H3. The van der Waals surface area contributed by atoms with E-state index in [4.69, 9.17) is 14.5 Å². The number of carbonyl (C=O) groups excluding carboxylic acids is 1. The van der Waals surface area contributed by atoms with Gasteiger partial charge >= 0.3 is 5.97 Å². The Bertz CT molecular complexity index is 1240. The Hall–Kier alpha value is -4.11. The van der Waals surface area contributed by atoms with Gasteiger partial charge in [-0.3, -0.25) is 4.57 Å². The van der Waals surface area contributed by atoms with Gasteiger partial charge in [0.2, 0.25) is 0 Å². The van der Waals surface area contributed by atoms with Crippen molar-refractivity contribution >= 4 is 17.0 Å². The predicted molar refractivity (Wildman–Crippen MR) is 113 cm³/mol. The zero-order chi connectivity index (χ0) is 20.9. The van der Waals surface area contributed by atoms with E-state index in [1.165, 1.54) is 0 Å². The normalized spacial score (nSPS) is 10.5. The lowest BCUT2D eigenvalue weighted by Gasteiger charge is -2.12. The Morgan fingerprint density at radius 2 is 1.90 bits per heavy atom. The Labute approximate surface area is 173 Å². The molecule has 0 unspecified atom stereocenters. The number of hydrogen-bond acceptors (Lipinski definition) is 5. The van der Waals surface area contributed by atoms with Gasteiger partial charge in [-0.05, 0) is 55.5 Å². The molecule has 0 fully saturated rings. The third-order valence-electron chi connectivity index (χ3n) is 4.58. The zero-order valence-electron chi connectivity index (χ0n) is 16.4. The number of aromatic nitrogens is 2. The Balaban J connectivity index is 1.79. The molecule has 0 N–H and O–H groups in total. The van der Waals surface area contributed by atoms with Crippen molar-refractivity contribution < 1.29 is 14.3 Å². The topological polar surface area (TPSA) is 77.1 Å². The summed E-state index contributed by atoms with van der Waals surface area (Å²) in [4.78, 5) is 16.9. The Kier molecular flexibility index (Phi) is 5.44. The van der Waals surface area contributed by atoms with Crippen molar-refractivity contribution in [3.63, 3.8) is 0 Å². The van der Waals surface area contributed by atoms with E-state index in [2.05, 4.69) is 6.07 Å².